The molecule has 1 unspecified atom stereocenters. The standard InChI is InChI=1S/C13H17NO2S2/c1-10-5-6-12-11(9-10)13(7-3-4-8-17-13)18(15,16)14(12)2/h5-6,9H,3-4,7-8H2,1-2H3. The molecule has 1 aromatic carbocycles. The fraction of sp³-hybridized carbons (Fsp3) is 0.538. The number of hydrogen-bond acceptors (Lipinski definition) is 3. The van der Waals surface area contributed by atoms with Gasteiger partial charge in [-0.05, 0) is 38.0 Å². The predicted octanol–water partition coefficient (Wildman–Crippen LogP) is 2.84. The Bertz CT molecular complexity index is 589. The summed E-state index contributed by atoms with van der Waals surface area (Å²) in [5, 5.41) is 0. The molecule has 0 amide bonds. The first-order valence-corrected chi connectivity index (χ1v) is 8.65. The number of benzene rings is 1. The summed E-state index contributed by atoms with van der Waals surface area (Å²) in [6, 6.07) is 5.97. The maximum atomic E-state index is 12.7. The molecule has 98 valence electrons. The second-order valence-corrected chi connectivity index (χ2v) is 8.90. The van der Waals surface area contributed by atoms with Crippen LogP contribution in [-0.2, 0) is 14.1 Å². The summed E-state index contributed by atoms with van der Waals surface area (Å²) in [5.41, 5.74) is 2.98. The molecule has 0 aliphatic carbocycles. The van der Waals surface area contributed by atoms with E-state index in [0.29, 0.717) is 0 Å². The molecule has 3 nitrogen and oxygen atoms in total. The fourth-order valence-corrected chi connectivity index (χ4v) is 7.08. The molecule has 2 aliphatic heterocycles. The van der Waals surface area contributed by atoms with Crippen molar-refractivity contribution in [3.63, 3.8) is 0 Å². The van der Waals surface area contributed by atoms with Crippen LogP contribution >= 0.6 is 11.8 Å². The molecule has 1 saturated heterocycles. The topological polar surface area (TPSA) is 37.4 Å². The van der Waals surface area contributed by atoms with Crippen LogP contribution in [0.15, 0.2) is 18.2 Å². The minimum atomic E-state index is -3.27. The van der Waals surface area contributed by atoms with Gasteiger partial charge in [0.1, 0.15) is 0 Å². The van der Waals surface area contributed by atoms with Gasteiger partial charge in [-0.25, -0.2) is 8.42 Å². The maximum absolute atomic E-state index is 12.7. The molecular formula is C13H17NO2S2. The van der Waals surface area contributed by atoms with E-state index >= 15 is 0 Å². The van der Waals surface area contributed by atoms with Crippen LogP contribution < -0.4 is 4.31 Å². The van der Waals surface area contributed by atoms with Crippen LogP contribution in [0.3, 0.4) is 0 Å². The predicted molar refractivity (Wildman–Crippen MR) is 76.5 cm³/mol. The maximum Gasteiger partial charge on any atom is 0.254 e. The fourth-order valence-electron chi connectivity index (χ4n) is 2.90. The van der Waals surface area contributed by atoms with Crippen LogP contribution in [0.25, 0.3) is 0 Å². The molecule has 5 heteroatoms. The zero-order valence-corrected chi connectivity index (χ0v) is 12.3. The van der Waals surface area contributed by atoms with Crippen LogP contribution in [0, 0.1) is 6.92 Å². The first kappa shape index (κ1) is 12.4. The Morgan fingerprint density at radius 1 is 1.33 bits per heavy atom. The van der Waals surface area contributed by atoms with Crippen molar-refractivity contribution in [3.8, 4) is 0 Å². The van der Waals surface area contributed by atoms with Gasteiger partial charge in [-0.3, -0.25) is 4.31 Å². The summed E-state index contributed by atoms with van der Waals surface area (Å²) < 4.78 is 26.2. The molecule has 1 aromatic rings. The molecule has 0 aromatic heterocycles. The van der Waals surface area contributed by atoms with Crippen LogP contribution in [0.4, 0.5) is 5.69 Å². The highest BCUT2D eigenvalue weighted by atomic mass is 32.3. The van der Waals surface area contributed by atoms with Gasteiger partial charge in [0.2, 0.25) is 0 Å². The first-order valence-electron chi connectivity index (χ1n) is 6.23. The normalized spacial score (nSPS) is 29.6. The van der Waals surface area contributed by atoms with E-state index in [2.05, 4.69) is 6.07 Å². The van der Waals surface area contributed by atoms with Gasteiger partial charge in [0.15, 0.2) is 4.08 Å². The monoisotopic (exact) mass is 283 g/mol. The molecule has 18 heavy (non-hydrogen) atoms. The second kappa shape index (κ2) is 3.90. The summed E-state index contributed by atoms with van der Waals surface area (Å²) >= 11 is 1.61. The lowest BCUT2D eigenvalue weighted by atomic mass is 10.0. The lowest BCUT2D eigenvalue weighted by Gasteiger charge is -2.32. The zero-order valence-electron chi connectivity index (χ0n) is 10.6. The molecule has 2 aliphatic rings. The van der Waals surface area contributed by atoms with Crippen LogP contribution in [-0.4, -0.2) is 21.2 Å². The molecule has 0 radical (unpaired) electrons. The van der Waals surface area contributed by atoms with Gasteiger partial charge in [-0.2, -0.15) is 0 Å². The summed E-state index contributed by atoms with van der Waals surface area (Å²) in [6.45, 7) is 2.02. The Hall–Kier alpha value is -0.680. The summed E-state index contributed by atoms with van der Waals surface area (Å²) in [5.74, 6) is 0.931. The van der Waals surface area contributed by atoms with E-state index in [0.717, 1.165) is 41.8 Å². The quantitative estimate of drug-likeness (QED) is 0.735. The number of rotatable bonds is 0. The van der Waals surface area contributed by atoms with E-state index in [1.807, 2.05) is 19.1 Å². The Kier molecular flexibility index (Phi) is 2.68. The van der Waals surface area contributed by atoms with Crippen molar-refractivity contribution in [2.75, 3.05) is 17.1 Å². The van der Waals surface area contributed by atoms with Crippen LogP contribution in [0.5, 0.6) is 0 Å². The van der Waals surface area contributed by atoms with Crippen LogP contribution in [0.1, 0.15) is 30.4 Å². The van der Waals surface area contributed by atoms with Gasteiger partial charge in [0, 0.05) is 12.6 Å². The number of nitrogens with zero attached hydrogens (tertiary/aromatic N) is 1. The lowest BCUT2D eigenvalue weighted by molar-refractivity contribution is 0.556. The summed E-state index contributed by atoms with van der Waals surface area (Å²) in [7, 11) is -1.59. The molecule has 1 atom stereocenters. The number of fused-ring (bicyclic) bond motifs is 2. The number of sulfonamides is 1. The number of thioether (sulfide) groups is 1. The molecule has 0 saturated carbocycles. The number of aryl methyl sites for hydroxylation is 1. The minimum absolute atomic E-state index is 0.721. The van der Waals surface area contributed by atoms with E-state index in [-0.39, 0.29) is 0 Å². The second-order valence-electron chi connectivity index (χ2n) is 5.05. The van der Waals surface area contributed by atoms with Crippen molar-refractivity contribution < 1.29 is 8.42 Å². The van der Waals surface area contributed by atoms with E-state index in [1.54, 1.807) is 18.8 Å². The lowest BCUT2D eigenvalue weighted by Crippen LogP contribution is -2.37. The highest BCUT2D eigenvalue weighted by molar-refractivity contribution is 8.14. The Morgan fingerprint density at radius 3 is 2.78 bits per heavy atom. The SMILES string of the molecule is Cc1ccc2c(c1)C1(CCCCS1)S(=O)(=O)N2C. The molecule has 1 fully saturated rings. The number of hydrogen-bond donors (Lipinski definition) is 0. The molecule has 0 N–H and O–H groups in total. The summed E-state index contributed by atoms with van der Waals surface area (Å²) in [4.78, 5) is 0. The highest BCUT2D eigenvalue weighted by Crippen LogP contribution is 2.57. The molecule has 0 bridgehead atoms. The van der Waals surface area contributed by atoms with Crippen molar-refractivity contribution in [3.05, 3.63) is 29.3 Å². The van der Waals surface area contributed by atoms with E-state index in [4.69, 9.17) is 0 Å². The molecule has 2 heterocycles. The van der Waals surface area contributed by atoms with Gasteiger partial charge in [0.25, 0.3) is 10.0 Å². The van der Waals surface area contributed by atoms with Gasteiger partial charge in [0.05, 0.1) is 5.69 Å². The van der Waals surface area contributed by atoms with Crippen molar-refractivity contribution in [1.82, 2.24) is 0 Å². The van der Waals surface area contributed by atoms with Crippen molar-refractivity contribution in [2.45, 2.75) is 30.3 Å². The van der Waals surface area contributed by atoms with Crippen molar-refractivity contribution in [2.24, 2.45) is 0 Å². The third-order valence-corrected chi connectivity index (χ3v) is 8.46. The summed E-state index contributed by atoms with van der Waals surface area (Å²) in [6.07, 6.45) is 2.85. The Labute approximate surface area is 113 Å². The van der Waals surface area contributed by atoms with Gasteiger partial charge >= 0.3 is 0 Å². The average molecular weight is 283 g/mol. The third-order valence-electron chi connectivity index (χ3n) is 3.91. The Balaban J connectivity index is 2.28. The number of anilines is 1. The molecule has 1 spiro atoms. The smallest absolute Gasteiger partial charge is 0.254 e. The van der Waals surface area contributed by atoms with E-state index in [1.165, 1.54) is 4.31 Å². The van der Waals surface area contributed by atoms with E-state index < -0.39 is 14.1 Å². The average Bonchev–Trinajstić information content (AvgIpc) is 2.51. The van der Waals surface area contributed by atoms with Crippen molar-refractivity contribution >= 4 is 27.5 Å². The molecule has 3 rings (SSSR count). The zero-order chi connectivity index (χ0) is 13.0. The Morgan fingerprint density at radius 2 is 2.11 bits per heavy atom. The molecular weight excluding hydrogens is 266 g/mol. The van der Waals surface area contributed by atoms with Gasteiger partial charge in [-0.15, -0.1) is 11.8 Å². The highest BCUT2D eigenvalue weighted by Gasteiger charge is 2.55. The van der Waals surface area contributed by atoms with Crippen molar-refractivity contribution in [1.29, 1.82) is 0 Å². The van der Waals surface area contributed by atoms with Crippen LogP contribution in [0.2, 0.25) is 0 Å². The van der Waals surface area contributed by atoms with Gasteiger partial charge in [-0.1, -0.05) is 17.7 Å². The minimum Gasteiger partial charge on any atom is -0.271 e. The third kappa shape index (κ3) is 1.40. The first-order chi connectivity index (χ1) is 8.49. The van der Waals surface area contributed by atoms with E-state index in [9.17, 15) is 8.42 Å². The largest absolute Gasteiger partial charge is 0.271 e. The van der Waals surface area contributed by atoms with Gasteiger partial charge < -0.3 is 0 Å².